The SMILES string of the molecule is Cc1cc(Br)cc(C)c1Cc1sc(N)nc1C. The van der Waals surface area contributed by atoms with Crippen LogP contribution in [0.15, 0.2) is 16.6 Å². The van der Waals surface area contributed by atoms with Crippen molar-refractivity contribution in [3.8, 4) is 0 Å². The molecule has 0 aliphatic carbocycles. The Morgan fingerprint density at radius 2 is 1.82 bits per heavy atom. The van der Waals surface area contributed by atoms with Crippen LogP contribution >= 0.6 is 27.3 Å². The monoisotopic (exact) mass is 310 g/mol. The highest BCUT2D eigenvalue weighted by molar-refractivity contribution is 9.10. The number of rotatable bonds is 2. The Labute approximate surface area is 114 Å². The van der Waals surface area contributed by atoms with Crippen molar-refractivity contribution >= 4 is 32.4 Å². The molecule has 0 spiro atoms. The van der Waals surface area contributed by atoms with E-state index in [2.05, 4.69) is 46.9 Å². The molecule has 0 fully saturated rings. The first kappa shape index (κ1) is 12.6. The van der Waals surface area contributed by atoms with E-state index in [9.17, 15) is 0 Å². The molecular formula is C13H15BrN2S. The highest BCUT2D eigenvalue weighted by Crippen LogP contribution is 2.27. The zero-order valence-electron chi connectivity index (χ0n) is 10.2. The number of nitrogens with zero attached hydrogens (tertiary/aromatic N) is 1. The first-order chi connectivity index (χ1) is 7.97. The molecule has 17 heavy (non-hydrogen) atoms. The van der Waals surface area contributed by atoms with Crippen LogP contribution in [0.5, 0.6) is 0 Å². The molecule has 0 saturated carbocycles. The van der Waals surface area contributed by atoms with Crippen LogP contribution in [0.1, 0.15) is 27.3 Å². The summed E-state index contributed by atoms with van der Waals surface area (Å²) in [6, 6.07) is 4.31. The summed E-state index contributed by atoms with van der Waals surface area (Å²) in [5.74, 6) is 0. The van der Waals surface area contributed by atoms with Gasteiger partial charge in [0, 0.05) is 15.8 Å². The number of halogens is 1. The molecule has 0 bridgehead atoms. The van der Waals surface area contributed by atoms with Crippen LogP contribution in [0, 0.1) is 20.8 Å². The molecule has 2 aromatic rings. The lowest BCUT2D eigenvalue weighted by Gasteiger charge is -2.10. The molecule has 2 N–H and O–H groups in total. The fourth-order valence-electron chi connectivity index (χ4n) is 1.99. The number of aromatic nitrogens is 1. The molecular weight excluding hydrogens is 296 g/mol. The van der Waals surface area contributed by atoms with Crippen LogP contribution in [0.4, 0.5) is 5.13 Å². The topological polar surface area (TPSA) is 38.9 Å². The Hall–Kier alpha value is -0.870. The van der Waals surface area contributed by atoms with Crippen molar-refractivity contribution in [3.63, 3.8) is 0 Å². The van der Waals surface area contributed by atoms with Crippen LogP contribution in [-0.2, 0) is 6.42 Å². The second-order valence-corrected chi connectivity index (χ2v) is 6.29. The van der Waals surface area contributed by atoms with Gasteiger partial charge in [0.05, 0.1) is 5.69 Å². The van der Waals surface area contributed by atoms with Gasteiger partial charge in [0.25, 0.3) is 0 Å². The van der Waals surface area contributed by atoms with Crippen molar-refractivity contribution in [1.82, 2.24) is 4.98 Å². The van der Waals surface area contributed by atoms with E-state index >= 15 is 0 Å². The predicted molar refractivity (Wildman–Crippen MR) is 77.7 cm³/mol. The molecule has 0 amide bonds. The van der Waals surface area contributed by atoms with E-state index in [1.165, 1.54) is 21.6 Å². The molecule has 0 saturated heterocycles. The molecule has 2 nitrogen and oxygen atoms in total. The number of nitrogens with two attached hydrogens (primary N) is 1. The number of aryl methyl sites for hydroxylation is 3. The average Bonchev–Trinajstić information content (AvgIpc) is 2.51. The van der Waals surface area contributed by atoms with Gasteiger partial charge in [-0.05, 0) is 49.6 Å². The van der Waals surface area contributed by atoms with Gasteiger partial charge in [-0.25, -0.2) is 4.98 Å². The molecule has 1 aromatic carbocycles. The van der Waals surface area contributed by atoms with Crippen molar-refractivity contribution in [2.45, 2.75) is 27.2 Å². The van der Waals surface area contributed by atoms with Gasteiger partial charge in [0.1, 0.15) is 0 Å². The van der Waals surface area contributed by atoms with E-state index in [0.717, 1.165) is 16.6 Å². The van der Waals surface area contributed by atoms with Crippen molar-refractivity contribution in [3.05, 3.63) is 43.9 Å². The summed E-state index contributed by atoms with van der Waals surface area (Å²) < 4.78 is 1.14. The smallest absolute Gasteiger partial charge is 0.180 e. The summed E-state index contributed by atoms with van der Waals surface area (Å²) in [6.07, 6.45) is 0.922. The second kappa shape index (κ2) is 4.78. The van der Waals surface area contributed by atoms with Gasteiger partial charge in [0.2, 0.25) is 0 Å². The summed E-state index contributed by atoms with van der Waals surface area (Å²) in [5, 5.41) is 0.657. The molecule has 1 heterocycles. The number of anilines is 1. The fraction of sp³-hybridized carbons (Fsp3) is 0.308. The third-order valence-corrected chi connectivity index (χ3v) is 4.35. The lowest BCUT2D eigenvalue weighted by Crippen LogP contribution is -1.95. The Morgan fingerprint density at radius 3 is 2.29 bits per heavy atom. The minimum absolute atomic E-state index is 0.657. The minimum atomic E-state index is 0.657. The number of hydrogen-bond donors (Lipinski definition) is 1. The quantitative estimate of drug-likeness (QED) is 0.910. The van der Waals surface area contributed by atoms with Crippen molar-refractivity contribution in [2.24, 2.45) is 0 Å². The summed E-state index contributed by atoms with van der Waals surface area (Å²) in [4.78, 5) is 5.53. The number of nitrogen functional groups attached to an aromatic ring is 1. The van der Waals surface area contributed by atoms with Crippen molar-refractivity contribution in [1.29, 1.82) is 0 Å². The molecule has 2 rings (SSSR count). The molecule has 1 aromatic heterocycles. The van der Waals surface area contributed by atoms with Crippen LogP contribution < -0.4 is 5.73 Å². The second-order valence-electron chi connectivity index (χ2n) is 4.26. The zero-order chi connectivity index (χ0) is 12.6. The van der Waals surface area contributed by atoms with Crippen LogP contribution in [-0.4, -0.2) is 4.98 Å². The van der Waals surface area contributed by atoms with Crippen LogP contribution in [0.3, 0.4) is 0 Å². The van der Waals surface area contributed by atoms with Gasteiger partial charge in [-0.15, -0.1) is 11.3 Å². The van der Waals surface area contributed by atoms with Gasteiger partial charge in [0.15, 0.2) is 5.13 Å². The lowest BCUT2D eigenvalue weighted by atomic mass is 9.99. The van der Waals surface area contributed by atoms with Gasteiger partial charge in [-0.2, -0.15) is 0 Å². The number of thiazole rings is 1. The minimum Gasteiger partial charge on any atom is -0.375 e. The third-order valence-electron chi connectivity index (χ3n) is 2.91. The Balaban J connectivity index is 2.39. The number of benzene rings is 1. The van der Waals surface area contributed by atoms with E-state index in [0.29, 0.717) is 5.13 Å². The highest BCUT2D eigenvalue weighted by atomic mass is 79.9. The molecule has 0 aliphatic heterocycles. The normalized spacial score (nSPS) is 10.8. The molecule has 90 valence electrons. The average molecular weight is 311 g/mol. The standard InChI is InChI=1S/C13H15BrN2S/c1-7-4-10(14)5-8(2)11(7)6-12-9(3)16-13(15)17-12/h4-5H,6H2,1-3H3,(H2,15,16). The van der Waals surface area contributed by atoms with E-state index in [1.54, 1.807) is 11.3 Å². The first-order valence-electron chi connectivity index (χ1n) is 5.44. The first-order valence-corrected chi connectivity index (χ1v) is 7.05. The largest absolute Gasteiger partial charge is 0.375 e. The molecule has 0 atom stereocenters. The Bertz CT molecular complexity index is 538. The molecule has 0 aliphatic rings. The molecule has 0 radical (unpaired) electrons. The third kappa shape index (κ3) is 2.69. The van der Waals surface area contributed by atoms with Gasteiger partial charge in [-0.1, -0.05) is 15.9 Å². The van der Waals surface area contributed by atoms with Crippen LogP contribution in [0.2, 0.25) is 0 Å². The van der Waals surface area contributed by atoms with Crippen molar-refractivity contribution < 1.29 is 0 Å². The zero-order valence-corrected chi connectivity index (χ0v) is 12.6. The van der Waals surface area contributed by atoms with E-state index < -0.39 is 0 Å². The van der Waals surface area contributed by atoms with E-state index in [4.69, 9.17) is 5.73 Å². The summed E-state index contributed by atoms with van der Waals surface area (Å²) in [7, 11) is 0. The van der Waals surface area contributed by atoms with Gasteiger partial charge < -0.3 is 5.73 Å². The highest BCUT2D eigenvalue weighted by Gasteiger charge is 2.10. The van der Waals surface area contributed by atoms with Gasteiger partial charge >= 0.3 is 0 Å². The van der Waals surface area contributed by atoms with Crippen molar-refractivity contribution in [2.75, 3.05) is 5.73 Å². The summed E-state index contributed by atoms with van der Waals surface area (Å²) >= 11 is 5.11. The summed E-state index contributed by atoms with van der Waals surface area (Å²) in [5.41, 5.74) is 10.8. The number of hydrogen-bond acceptors (Lipinski definition) is 3. The lowest BCUT2D eigenvalue weighted by molar-refractivity contribution is 1.10. The molecule has 0 unspecified atom stereocenters. The van der Waals surface area contributed by atoms with Gasteiger partial charge in [-0.3, -0.25) is 0 Å². The molecule has 4 heteroatoms. The Morgan fingerprint density at radius 1 is 1.24 bits per heavy atom. The van der Waals surface area contributed by atoms with E-state index in [-0.39, 0.29) is 0 Å². The van der Waals surface area contributed by atoms with E-state index in [1.807, 2.05) is 6.92 Å². The Kier molecular flexibility index (Phi) is 3.54. The fourth-order valence-corrected chi connectivity index (χ4v) is 3.53. The van der Waals surface area contributed by atoms with Crippen LogP contribution in [0.25, 0.3) is 0 Å². The maximum absolute atomic E-state index is 5.73. The predicted octanol–water partition coefficient (Wildman–Crippen LogP) is 4.00. The maximum Gasteiger partial charge on any atom is 0.180 e. The maximum atomic E-state index is 5.73. The summed E-state index contributed by atoms with van der Waals surface area (Å²) in [6.45, 7) is 6.31.